The summed E-state index contributed by atoms with van der Waals surface area (Å²) in [5, 5.41) is 20.9. The minimum absolute atomic E-state index is 0.0328. The summed E-state index contributed by atoms with van der Waals surface area (Å²) in [4.78, 5) is 36.8. The zero-order chi connectivity index (χ0) is 23.1. The van der Waals surface area contributed by atoms with Gasteiger partial charge in [0.1, 0.15) is 5.60 Å². The quantitative estimate of drug-likeness (QED) is 0.493. The Labute approximate surface area is 188 Å². The lowest BCUT2D eigenvalue weighted by Gasteiger charge is -2.58. The molecule has 8 atom stereocenters. The molecule has 1 saturated heterocycles. The Morgan fingerprint density at radius 2 is 2.03 bits per heavy atom. The highest BCUT2D eigenvalue weighted by Crippen LogP contribution is 2.77. The van der Waals surface area contributed by atoms with E-state index in [-0.39, 0.29) is 47.9 Å². The molecule has 176 valence electrons. The minimum atomic E-state index is -1.09. The highest BCUT2D eigenvalue weighted by atomic mass is 16.6. The number of epoxide rings is 1. The van der Waals surface area contributed by atoms with Crippen molar-refractivity contribution < 1.29 is 34.1 Å². The fraction of sp³-hybridized carbons (Fsp3) is 0.800. The molecule has 0 bridgehead atoms. The molecule has 4 aliphatic carbocycles. The summed E-state index contributed by atoms with van der Waals surface area (Å²) < 4.78 is 12.1. The number of carboxylic acid groups (broad SMARTS) is 1. The molecule has 7 nitrogen and oxygen atoms in total. The van der Waals surface area contributed by atoms with Gasteiger partial charge in [-0.15, -0.1) is 0 Å². The van der Waals surface area contributed by atoms with Gasteiger partial charge in [-0.3, -0.25) is 14.4 Å². The average Bonchev–Trinajstić information content (AvgIpc) is 3.39. The second kappa shape index (κ2) is 6.89. The SMILES string of the molecule is CCOC(=O)C1CC2=CC(=O)CC[C@]2(C)[C@@]23OC2C[C@@]2(C)[C@@H](CC[C@]2(O)CCC(=O)O)[C@H]13. The summed E-state index contributed by atoms with van der Waals surface area (Å²) >= 11 is 0. The predicted octanol–water partition coefficient (Wildman–Crippen LogP) is 3.03. The lowest BCUT2D eigenvalue weighted by atomic mass is 9.43. The van der Waals surface area contributed by atoms with Crippen LogP contribution in [0.4, 0.5) is 0 Å². The molecular weight excluding hydrogens is 412 g/mol. The van der Waals surface area contributed by atoms with Gasteiger partial charge >= 0.3 is 11.9 Å². The molecule has 5 aliphatic rings. The van der Waals surface area contributed by atoms with Crippen LogP contribution in [0.3, 0.4) is 0 Å². The second-order valence-corrected chi connectivity index (χ2v) is 11.1. The number of aliphatic carboxylic acids is 1. The smallest absolute Gasteiger partial charge is 0.309 e. The van der Waals surface area contributed by atoms with Crippen molar-refractivity contribution in [2.24, 2.45) is 28.6 Å². The van der Waals surface area contributed by atoms with Crippen molar-refractivity contribution in [2.45, 2.75) is 89.4 Å². The zero-order valence-electron chi connectivity index (χ0n) is 19.2. The van der Waals surface area contributed by atoms with Gasteiger partial charge in [0, 0.05) is 29.6 Å². The Hall–Kier alpha value is -1.73. The second-order valence-electron chi connectivity index (χ2n) is 11.1. The van der Waals surface area contributed by atoms with E-state index in [1.54, 1.807) is 13.0 Å². The maximum atomic E-state index is 13.2. The summed E-state index contributed by atoms with van der Waals surface area (Å²) in [6, 6.07) is 0. The van der Waals surface area contributed by atoms with Crippen LogP contribution in [0.25, 0.3) is 0 Å². The van der Waals surface area contributed by atoms with E-state index in [2.05, 4.69) is 13.8 Å². The molecule has 0 radical (unpaired) electrons. The number of hydrogen-bond acceptors (Lipinski definition) is 6. The zero-order valence-corrected chi connectivity index (χ0v) is 19.2. The average molecular weight is 447 g/mol. The van der Waals surface area contributed by atoms with Crippen LogP contribution in [0.1, 0.15) is 72.1 Å². The van der Waals surface area contributed by atoms with Crippen molar-refractivity contribution in [1.82, 2.24) is 0 Å². The molecule has 0 aromatic carbocycles. The first-order valence-electron chi connectivity index (χ1n) is 12.0. The monoisotopic (exact) mass is 446 g/mol. The summed E-state index contributed by atoms with van der Waals surface area (Å²) in [7, 11) is 0. The molecule has 0 amide bonds. The number of aliphatic hydroxyl groups is 1. The topological polar surface area (TPSA) is 113 Å². The Bertz CT molecular complexity index is 910. The largest absolute Gasteiger partial charge is 0.481 e. The first-order chi connectivity index (χ1) is 15.0. The van der Waals surface area contributed by atoms with Crippen molar-refractivity contribution in [1.29, 1.82) is 0 Å². The molecule has 32 heavy (non-hydrogen) atoms. The number of ketones is 1. The Morgan fingerprint density at radius 3 is 2.72 bits per heavy atom. The van der Waals surface area contributed by atoms with Crippen molar-refractivity contribution in [3.63, 3.8) is 0 Å². The number of esters is 1. The molecule has 0 aromatic rings. The van der Waals surface area contributed by atoms with E-state index in [1.807, 2.05) is 0 Å². The number of ether oxygens (including phenoxy) is 2. The van der Waals surface area contributed by atoms with Crippen LogP contribution in [0, 0.1) is 28.6 Å². The number of rotatable bonds is 5. The van der Waals surface area contributed by atoms with Crippen LogP contribution in [0.2, 0.25) is 0 Å². The van der Waals surface area contributed by atoms with Crippen LogP contribution in [0.5, 0.6) is 0 Å². The maximum Gasteiger partial charge on any atom is 0.309 e. The molecule has 1 spiro atoms. The molecule has 2 N–H and O–H groups in total. The van der Waals surface area contributed by atoms with Crippen LogP contribution in [-0.2, 0) is 23.9 Å². The van der Waals surface area contributed by atoms with Gasteiger partial charge in [-0.05, 0) is 57.4 Å². The molecule has 3 saturated carbocycles. The van der Waals surface area contributed by atoms with Crippen molar-refractivity contribution in [3.05, 3.63) is 11.6 Å². The summed E-state index contributed by atoms with van der Waals surface area (Å²) in [6.07, 6.45) is 5.38. The third-order valence-corrected chi connectivity index (χ3v) is 10.0. The predicted molar refractivity (Wildman–Crippen MR) is 114 cm³/mol. The molecule has 1 heterocycles. The molecule has 5 rings (SSSR count). The fourth-order valence-corrected chi connectivity index (χ4v) is 8.32. The maximum absolute atomic E-state index is 13.2. The molecule has 2 unspecified atom stereocenters. The van der Waals surface area contributed by atoms with Gasteiger partial charge in [0.25, 0.3) is 0 Å². The van der Waals surface area contributed by atoms with Crippen molar-refractivity contribution in [2.75, 3.05) is 6.61 Å². The summed E-state index contributed by atoms with van der Waals surface area (Å²) in [6.45, 7) is 6.34. The van der Waals surface area contributed by atoms with Gasteiger partial charge in [0.2, 0.25) is 0 Å². The first kappa shape index (κ1) is 22.1. The summed E-state index contributed by atoms with van der Waals surface area (Å²) in [5.74, 6) is -1.55. The van der Waals surface area contributed by atoms with E-state index >= 15 is 0 Å². The van der Waals surface area contributed by atoms with E-state index in [4.69, 9.17) is 9.47 Å². The van der Waals surface area contributed by atoms with Gasteiger partial charge in [-0.2, -0.15) is 0 Å². The lowest BCUT2D eigenvalue weighted by Crippen LogP contribution is -2.63. The van der Waals surface area contributed by atoms with E-state index in [0.717, 1.165) is 12.0 Å². The fourth-order valence-electron chi connectivity index (χ4n) is 8.32. The summed E-state index contributed by atoms with van der Waals surface area (Å²) in [5.41, 5.74) is -1.43. The minimum Gasteiger partial charge on any atom is -0.481 e. The van der Waals surface area contributed by atoms with E-state index in [1.165, 1.54) is 0 Å². The van der Waals surface area contributed by atoms with Crippen LogP contribution in [0.15, 0.2) is 11.6 Å². The normalized spacial score (nSPS) is 48.6. The van der Waals surface area contributed by atoms with Gasteiger partial charge in [-0.25, -0.2) is 0 Å². The van der Waals surface area contributed by atoms with Gasteiger partial charge in [-0.1, -0.05) is 19.4 Å². The lowest BCUT2D eigenvalue weighted by molar-refractivity contribution is -0.165. The number of fused-ring (bicyclic) bond motifs is 3. The highest BCUT2D eigenvalue weighted by Gasteiger charge is 2.82. The molecular formula is C25H34O7. The molecule has 4 fully saturated rings. The van der Waals surface area contributed by atoms with Crippen LogP contribution >= 0.6 is 0 Å². The third kappa shape index (κ3) is 2.64. The molecule has 7 heteroatoms. The standard InChI is InChI=1S/C25H34O7/c1-4-31-21(29)16-12-14-11-15(26)5-8-22(14,2)25-18(32-25)13-23(3)17(20(16)25)6-9-24(23,30)10-7-19(27)28/h11,16-18,20,30H,4-10,12-13H2,1-3H3,(H,27,28)/t16?,17-,18?,20-,22-,23-,24-,25+/m0/s1. The number of carbonyl (C=O) groups is 3. The van der Waals surface area contributed by atoms with E-state index < -0.39 is 28.5 Å². The van der Waals surface area contributed by atoms with Crippen molar-refractivity contribution >= 4 is 17.7 Å². The number of hydrogen-bond donors (Lipinski definition) is 2. The molecule has 1 aliphatic heterocycles. The Balaban J connectivity index is 1.59. The van der Waals surface area contributed by atoms with Gasteiger partial charge in [0.05, 0.1) is 24.2 Å². The van der Waals surface area contributed by atoms with E-state index in [0.29, 0.717) is 38.7 Å². The highest BCUT2D eigenvalue weighted by molar-refractivity contribution is 5.92. The van der Waals surface area contributed by atoms with E-state index in [9.17, 15) is 24.6 Å². The van der Waals surface area contributed by atoms with Gasteiger partial charge < -0.3 is 19.7 Å². The Kier molecular flexibility index (Phi) is 4.75. The number of carbonyl (C=O) groups excluding carboxylic acids is 2. The number of carboxylic acids is 1. The third-order valence-electron chi connectivity index (χ3n) is 10.0. The first-order valence-corrected chi connectivity index (χ1v) is 12.0. The molecule has 0 aromatic heterocycles. The Morgan fingerprint density at radius 1 is 1.28 bits per heavy atom. The van der Waals surface area contributed by atoms with Crippen molar-refractivity contribution in [3.8, 4) is 0 Å². The van der Waals surface area contributed by atoms with Gasteiger partial charge in [0.15, 0.2) is 5.78 Å². The van der Waals surface area contributed by atoms with Crippen LogP contribution in [-0.4, -0.2) is 51.8 Å². The van der Waals surface area contributed by atoms with Crippen LogP contribution < -0.4 is 0 Å².